The van der Waals surface area contributed by atoms with Gasteiger partial charge in [0.15, 0.2) is 5.78 Å². The third-order valence-corrected chi connectivity index (χ3v) is 2.27. The topological polar surface area (TPSA) is 26.3 Å². The molecule has 0 atom stereocenters. The molecule has 0 heterocycles. The van der Waals surface area contributed by atoms with Gasteiger partial charge in [0.25, 0.3) is 0 Å². The SMILES string of the molecule is CCOc1cc(C)cc(CC(=O)CCl)c1. The van der Waals surface area contributed by atoms with Crippen LogP contribution in [0.4, 0.5) is 0 Å². The summed E-state index contributed by atoms with van der Waals surface area (Å²) in [6.45, 7) is 4.55. The summed E-state index contributed by atoms with van der Waals surface area (Å²) >= 11 is 5.46. The third-order valence-electron chi connectivity index (χ3n) is 1.97. The molecule has 0 saturated heterocycles. The molecule has 0 N–H and O–H groups in total. The highest BCUT2D eigenvalue weighted by Gasteiger charge is 2.04. The van der Waals surface area contributed by atoms with Crippen molar-refractivity contribution in [3.63, 3.8) is 0 Å². The number of Topliss-reactive ketones (excluding diaryl/α,β-unsaturated/α-hetero) is 1. The van der Waals surface area contributed by atoms with Gasteiger partial charge in [-0.05, 0) is 37.1 Å². The molecule has 2 nitrogen and oxygen atoms in total. The van der Waals surface area contributed by atoms with E-state index in [1.807, 2.05) is 32.0 Å². The molecule has 0 aliphatic rings. The van der Waals surface area contributed by atoms with E-state index >= 15 is 0 Å². The van der Waals surface area contributed by atoms with Crippen LogP contribution in [0, 0.1) is 6.92 Å². The van der Waals surface area contributed by atoms with Crippen LogP contribution in [-0.2, 0) is 11.2 Å². The number of alkyl halides is 1. The number of ketones is 1. The van der Waals surface area contributed by atoms with Crippen molar-refractivity contribution in [1.82, 2.24) is 0 Å². The number of carbonyl (C=O) groups is 1. The van der Waals surface area contributed by atoms with E-state index in [2.05, 4.69) is 0 Å². The molecule has 1 aromatic carbocycles. The van der Waals surface area contributed by atoms with E-state index in [0.717, 1.165) is 16.9 Å². The van der Waals surface area contributed by atoms with Gasteiger partial charge in [-0.1, -0.05) is 6.07 Å². The minimum absolute atomic E-state index is 0.0321. The fourth-order valence-electron chi connectivity index (χ4n) is 1.45. The zero-order valence-electron chi connectivity index (χ0n) is 9.05. The van der Waals surface area contributed by atoms with Crippen LogP contribution < -0.4 is 4.74 Å². The first kappa shape index (κ1) is 12.1. The van der Waals surface area contributed by atoms with E-state index < -0.39 is 0 Å². The van der Waals surface area contributed by atoms with Gasteiger partial charge in [-0.25, -0.2) is 0 Å². The first-order chi connectivity index (χ1) is 7.15. The highest BCUT2D eigenvalue weighted by Crippen LogP contribution is 2.17. The van der Waals surface area contributed by atoms with Crippen LogP contribution in [-0.4, -0.2) is 18.3 Å². The molecule has 3 heteroatoms. The average Bonchev–Trinajstić information content (AvgIpc) is 2.17. The molecule has 0 fully saturated rings. The molecule has 82 valence electrons. The summed E-state index contributed by atoms with van der Waals surface area (Å²) in [4.78, 5) is 11.2. The minimum Gasteiger partial charge on any atom is -0.494 e. The van der Waals surface area contributed by atoms with Gasteiger partial charge in [-0.15, -0.1) is 11.6 Å². The Kier molecular flexibility index (Phi) is 4.63. The molecule has 0 amide bonds. The molecule has 0 aromatic heterocycles. The van der Waals surface area contributed by atoms with Gasteiger partial charge in [-0.3, -0.25) is 4.79 Å². The second kappa shape index (κ2) is 5.76. The Bertz CT molecular complexity index is 347. The lowest BCUT2D eigenvalue weighted by molar-refractivity contribution is -0.116. The van der Waals surface area contributed by atoms with Crippen LogP contribution in [0.2, 0.25) is 0 Å². The van der Waals surface area contributed by atoms with Gasteiger partial charge in [0.2, 0.25) is 0 Å². The number of ether oxygens (including phenoxy) is 1. The van der Waals surface area contributed by atoms with Crippen LogP contribution in [0.5, 0.6) is 5.75 Å². The Hall–Kier alpha value is -1.02. The van der Waals surface area contributed by atoms with Crippen LogP contribution in [0.1, 0.15) is 18.1 Å². The number of hydrogen-bond acceptors (Lipinski definition) is 2. The van der Waals surface area contributed by atoms with Gasteiger partial charge in [-0.2, -0.15) is 0 Å². The quantitative estimate of drug-likeness (QED) is 0.722. The number of carbonyl (C=O) groups excluding carboxylic acids is 1. The van der Waals surface area contributed by atoms with E-state index in [4.69, 9.17) is 16.3 Å². The van der Waals surface area contributed by atoms with Gasteiger partial charge < -0.3 is 4.74 Å². The van der Waals surface area contributed by atoms with Crippen molar-refractivity contribution in [1.29, 1.82) is 0 Å². The van der Waals surface area contributed by atoms with Crippen LogP contribution in [0.3, 0.4) is 0 Å². The molecule has 1 rings (SSSR count). The summed E-state index contributed by atoms with van der Waals surface area (Å²) in [5.41, 5.74) is 2.06. The fraction of sp³-hybridized carbons (Fsp3) is 0.417. The van der Waals surface area contributed by atoms with Gasteiger partial charge in [0.1, 0.15) is 5.75 Å². The lowest BCUT2D eigenvalue weighted by Crippen LogP contribution is -2.04. The largest absolute Gasteiger partial charge is 0.494 e. The molecular formula is C12H15ClO2. The van der Waals surface area contributed by atoms with Crippen LogP contribution in [0.25, 0.3) is 0 Å². The average molecular weight is 227 g/mol. The summed E-state index contributed by atoms with van der Waals surface area (Å²) in [6.07, 6.45) is 0.380. The molecular weight excluding hydrogens is 212 g/mol. The monoisotopic (exact) mass is 226 g/mol. The number of rotatable bonds is 5. The second-order valence-corrected chi connectivity index (χ2v) is 3.70. The summed E-state index contributed by atoms with van der Waals surface area (Å²) < 4.78 is 5.40. The molecule has 0 unspecified atom stereocenters. The Morgan fingerprint density at radius 2 is 2.13 bits per heavy atom. The van der Waals surface area contributed by atoms with E-state index in [0.29, 0.717) is 13.0 Å². The van der Waals surface area contributed by atoms with E-state index in [9.17, 15) is 4.79 Å². The Morgan fingerprint density at radius 1 is 1.40 bits per heavy atom. The summed E-state index contributed by atoms with van der Waals surface area (Å²) in [5.74, 6) is 0.914. The van der Waals surface area contributed by atoms with E-state index in [1.165, 1.54) is 0 Å². The van der Waals surface area contributed by atoms with Gasteiger partial charge in [0, 0.05) is 6.42 Å². The molecule has 0 aliphatic heterocycles. The van der Waals surface area contributed by atoms with Crippen molar-refractivity contribution >= 4 is 17.4 Å². The molecule has 0 bridgehead atoms. The fourth-order valence-corrected chi connectivity index (χ4v) is 1.55. The van der Waals surface area contributed by atoms with E-state index in [-0.39, 0.29) is 11.7 Å². The Labute approximate surface area is 95.2 Å². The number of aryl methyl sites for hydroxylation is 1. The van der Waals surface area contributed by atoms with Crippen molar-refractivity contribution in [2.45, 2.75) is 20.3 Å². The zero-order chi connectivity index (χ0) is 11.3. The molecule has 0 radical (unpaired) electrons. The maximum Gasteiger partial charge on any atom is 0.151 e. The number of benzene rings is 1. The van der Waals surface area contributed by atoms with Gasteiger partial charge >= 0.3 is 0 Å². The normalized spacial score (nSPS) is 10.1. The smallest absolute Gasteiger partial charge is 0.151 e. The number of halogens is 1. The Balaban J connectivity index is 2.83. The molecule has 15 heavy (non-hydrogen) atoms. The van der Waals surface area contributed by atoms with Crippen molar-refractivity contribution in [2.24, 2.45) is 0 Å². The summed E-state index contributed by atoms with van der Waals surface area (Å²) in [6, 6.07) is 5.83. The molecule has 0 saturated carbocycles. The van der Waals surface area contributed by atoms with Crippen molar-refractivity contribution in [3.8, 4) is 5.75 Å². The highest BCUT2D eigenvalue weighted by molar-refractivity contribution is 6.27. The van der Waals surface area contributed by atoms with Crippen molar-refractivity contribution in [3.05, 3.63) is 29.3 Å². The predicted molar refractivity (Wildman–Crippen MR) is 61.8 cm³/mol. The lowest BCUT2D eigenvalue weighted by atomic mass is 10.1. The molecule has 0 aliphatic carbocycles. The first-order valence-electron chi connectivity index (χ1n) is 4.96. The first-order valence-corrected chi connectivity index (χ1v) is 5.50. The van der Waals surface area contributed by atoms with Crippen molar-refractivity contribution in [2.75, 3.05) is 12.5 Å². The lowest BCUT2D eigenvalue weighted by Gasteiger charge is -2.07. The standard InChI is InChI=1S/C12H15ClO2/c1-3-15-12-5-9(2)4-10(7-12)6-11(14)8-13/h4-5,7H,3,6,8H2,1-2H3. The maximum atomic E-state index is 11.2. The summed E-state index contributed by atoms with van der Waals surface area (Å²) in [7, 11) is 0. The zero-order valence-corrected chi connectivity index (χ0v) is 9.80. The maximum absolute atomic E-state index is 11.2. The Morgan fingerprint density at radius 3 is 2.73 bits per heavy atom. The third kappa shape index (κ3) is 3.92. The summed E-state index contributed by atoms with van der Waals surface area (Å²) in [5, 5.41) is 0. The minimum atomic E-state index is 0.0321. The highest BCUT2D eigenvalue weighted by atomic mass is 35.5. The number of hydrogen-bond donors (Lipinski definition) is 0. The van der Waals surface area contributed by atoms with Crippen LogP contribution >= 0.6 is 11.6 Å². The van der Waals surface area contributed by atoms with Crippen molar-refractivity contribution < 1.29 is 9.53 Å². The van der Waals surface area contributed by atoms with Crippen LogP contribution in [0.15, 0.2) is 18.2 Å². The molecule has 0 spiro atoms. The predicted octanol–water partition coefficient (Wildman–Crippen LogP) is 2.74. The van der Waals surface area contributed by atoms with Gasteiger partial charge in [0.05, 0.1) is 12.5 Å². The second-order valence-electron chi connectivity index (χ2n) is 3.44. The van der Waals surface area contributed by atoms with E-state index in [1.54, 1.807) is 0 Å². The molecule has 1 aromatic rings.